The second-order valence-electron chi connectivity index (χ2n) is 10.9. The lowest BCUT2D eigenvalue weighted by molar-refractivity contribution is -0.116. The SMILES string of the molecule is Cc1cc(C)cc(-n2c(C)cc([C@@H]3[C@@H](c4ccccn4)NC(=S)N3CCC(=O)Nc3cc(C)ccc3C)c2C)c1. The molecule has 0 saturated carbocycles. The zero-order valence-corrected chi connectivity index (χ0v) is 24.9. The third-order valence-corrected chi connectivity index (χ3v) is 8.05. The number of nitrogens with zero attached hydrogens (tertiary/aromatic N) is 3. The summed E-state index contributed by atoms with van der Waals surface area (Å²) in [6.07, 6.45) is 2.13. The highest BCUT2D eigenvalue weighted by Gasteiger charge is 2.41. The molecule has 1 fully saturated rings. The van der Waals surface area contributed by atoms with E-state index in [1.807, 2.05) is 50.4 Å². The number of hydrogen-bond donors (Lipinski definition) is 2. The smallest absolute Gasteiger partial charge is 0.226 e. The molecule has 4 aromatic rings. The number of carbonyl (C=O) groups excluding carboxylic acids is 1. The predicted octanol–water partition coefficient (Wildman–Crippen LogP) is 6.72. The second kappa shape index (κ2) is 11.3. The summed E-state index contributed by atoms with van der Waals surface area (Å²) in [5.74, 6) is -0.0303. The zero-order valence-electron chi connectivity index (χ0n) is 24.1. The number of benzene rings is 2. The minimum Gasteiger partial charge on any atom is -0.352 e. The van der Waals surface area contributed by atoms with E-state index in [4.69, 9.17) is 12.2 Å². The highest BCUT2D eigenvalue weighted by atomic mass is 32.1. The van der Waals surface area contributed by atoms with Crippen LogP contribution in [0.2, 0.25) is 0 Å². The average Bonchev–Trinajstić information content (AvgIpc) is 3.39. The molecule has 1 aliphatic heterocycles. The van der Waals surface area contributed by atoms with Crippen molar-refractivity contribution in [2.75, 3.05) is 11.9 Å². The number of carbonyl (C=O) groups is 1. The van der Waals surface area contributed by atoms with Crippen molar-refractivity contribution in [3.8, 4) is 5.69 Å². The van der Waals surface area contributed by atoms with Gasteiger partial charge in [0.25, 0.3) is 0 Å². The maximum atomic E-state index is 13.1. The van der Waals surface area contributed by atoms with Gasteiger partial charge < -0.3 is 20.1 Å². The Kier molecular flexibility index (Phi) is 7.76. The van der Waals surface area contributed by atoms with Gasteiger partial charge in [-0.2, -0.15) is 0 Å². The molecule has 2 aromatic carbocycles. The van der Waals surface area contributed by atoms with Crippen LogP contribution < -0.4 is 10.6 Å². The van der Waals surface area contributed by atoms with Crippen LogP contribution in [0.4, 0.5) is 5.69 Å². The van der Waals surface area contributed by atoms with E-state index in [0.717, 1.165) is 39.6 Å². The molecule has 2 N–H and O–H groups in total. The fourth-order valence-corrected chi connectivity index (χ4v) is 6.19. The van der Waals surface area contributed by atoms with Crippen LogP contribution in [0.5, 0.6) is 0 Å². The van der Waals surface area contributed by atoms with Gasteiger partial charge in [-0.1, -0.05) is 24.3 Å². The Morgan fingerprint density at radius 3 is 2.40 bits per heavy atom. The lowest BCUT2D eigenvalue weighted by atomic mass is 9.96. The largest absolute Gasteiger partial charge is 0.352 e. The van der Waals surface area contributed by atoms with Crippen LogP contribution in [0.3, 0.4) is 0 Å². The Labute approximate surface area is 242 Å². The molecule has 0 aliphatic carbocycles. The number of hydrogen-bond acceptors (Lipinski definition) is 3. The first kappa shape index (κ1) is 27.6. The van der Waals surface area contributed by atoms with Crippen molar-refractivity contribution in [1.29, 1.82) is 0 Å². The van der Waals surface area contributed by atoms with Gasteiger partial charge in [0, 0.05) is 41.9 Å². The number of aromatic nitrogens is 2. The lowest BCUT2D eigenvalue weighted by Crippen LogP contribution is -2.33. The highest BCUT2D eigenvalue weighted by Crippen LogP contribution is 2.41. The fraction of sp³-hybridized carbons (Fsp3) is 0.303. The molecule has 7 heteroatoms. The van der Waals surface area contributed by atoms with Crippen LogP contribution in [0.1, 0.15) is 63.4 Å². The quantitative estimate of drug-likeness (QED) is 0.250. The van der Waals surface area contributed by atoms with Gasteiger partial charge in [0.2, 0.25) is 5.91 Å². The van der Waals surface area contributed by atoms with Crippen LogP contribution in [0.25, 0.3) is 5.69 Å². The first-order chi connectivity index (χ1) is 19.1. The Hall–Kier alpha value is -3.97. The van der Waals surface area contributed by atoms with Crippen LogP contribution in [-0.4, -0.2) is 32.0 Å². The minimum absolute atomic E-state index is 0.0303. The summed E-state index contributed by atoms with van der Waals surface area (Å²) in [6, 6.07) is 20.7. The van der Waals surface area contributed by atoms with Crippen LogP contribution >= 0.6 is 12.2 Å². The molecule has 0 spiro atoms. The third-order valence-electron chi connectivity index (χ3n) is 7.70. The van der Waals surface area contributed by atoms with E-state index in [-0.39, 0.29) is 18.0 Å². The molecule has 0 unspecified atom stereocenters. The molecule has 6 nitrogen and oxygen atoms in total. The van der Waals surface area contributed by atoms with Crippen molar-refractivity contribution in [1.82, 2.24) is 19.8 Å². The van der Waals surface area contributed by atoms with E-state index >= 15 is 0 Å². The maximum absolute atomic E-state index is 13.1. The minimum atomic E-state index is -0.135. The van der Waals surface area contributed by atoms with Gasteiger partial charge in [-0.15, -0.1) is 0 Å². The van der Waals surface area contributed by atoms with Gasteiger partial charge in [0.15, 0.2) is 5.11 Å². The molecule has 40 heavy (non-hydrogen) atoms. The number of amides is 1. The number of thiocarbonyl (C=S) groups is 1. The Morgan fingerprint density at radius 2 is 1.70 bits per heavy atom. The van der Waals surface area contributed by atoms with Gasteiger partial charge in [0.05, 0.1) is 17.8 Å². The van der Waals surface area contributed by atoms with Crippen LogP contribution in [0, 0.1) is 41.5 Å². The van der Waals surface area contributed by atoms with Gasteiger partial charge >= 0.3 is 0 Å². The number of nitrogens with one attached hydrogen (secondary N) is 2. The molecular weight excluding hydrogens is 514 g/mol. The standard InChI is InChI=1S/C33H37N5OS/c1-20-10-11-23(4)29(18-20)35-30(39)12-14-37-32(31(36-33(37)40)28-9-7-8-13-34-28)27-19-24(5)38(25(27)6)26-16-21(2)15-22(3)17-26/h7-11,13,15-19,31-32H,12,14H2,1-6H3,(H,35,39)(H,36,40)/t31-,32-/m1/s1. The van der Waals surface area contributed by atoms with Crippen molar-refractivity contribution < 1.29 is 4.79 Å². The molecule has 3 heterocycles. The summed E-state index contributed by atoms with van der Waals surface area (Å²) in [5.41, 5.74) is 11.0. The summed E-state index contributed by atoms with van der Waals surface area (Å²) in [7, 11) is 0. The number of anilines is 1. The van der Waals surface area contributed by atoms with Gasteiger partial charge in [-0.05, 0) is 118 Å². The van der Waals surface area contributed by atoms with E-state index in [0.29, 0.717) is 18.1 Å². The average molecular weight is 552 g/mol. The molecule has 1 saturated heterocycles. The highest BCUT2D eigenvalue weighted by molar-refractivity contribution is 7.80. The van der Waals surface area contributed by atoms with Gasteiger partial charge in [0.1, 0.15) is 0 Å². The summed E-state index contributed by atoms with van der Waals surface area (Å²) in [5, 5.41) is 7.26. The summed E-state index contributed by atoms with van der Waals surface area (Å²) in [4.78, 5) is 19.9. The van der Waals surface area contributed by atoms with Gasteiger partial charge in [-0.25, -0.2) is 0 Å². The topological polar surface area (TPSA) is 62.2 Å². The molecule has 206 valence electrons. The van der Waals surface area contributed by atoms with E-state index in [1.54, 1.807) is 0 Å². The van der Waals surface area contributed by atoms with Crippen molar-refractivity contribution >= 4 is 28.9 Å². The second-order valence-corrected chi connectivity index (χ2v) is 11.3. The summed E-state index contributed by atoms with van der Waals surface area (Å²) >= 11 is 5.87. The van der Waals surface area contributed by atoms with Crippen LogP contribution in [-0.2, 0) is 4.79 Å². The molecule has 1 amide bonds. The number of pyridine rings is 1. The monoisotopic (exact) mass is 551 g/mol. The Morgan fingerprint density at radius 1 is 0.950 bits per heavy atom. The lowest BCUT2D eigenvalue weighted by Gasteiger charge is -2.28. The Bertz CT molecular complexity index is 1560. The molecule has 1 aliphatic rings. The third kappa shape index (κ3) is 5.52. The van der Waals surface area contributed by atoms with Crippen molar-refractivity contribution in [3.63, 3.8) is 0 Å². The number of aryl methyl sites for hydroxylation is 5. The predicted molar refractivity (Wildman–Crippen MR) is 166 cm³/mol. The fourth-order valence-electron chi connectivity index (χ4n) is 5.85. The van der Waals surface area contributed by atoms with E-state index in [9.17, 15) is 4.79 Å². The van der Waals surface area contributed by atoms with Crippen molar-refractivity contribution in [2.24, 2.45) is 0 Å². The van der Waals surface area contributed by atoms with Crippen molar-refractivity contribution in [2.45, 2.75) is 60.0 Å². The molecule has 2 atom stereocenters. The molecule has 5 rings (SSSR count). The molecule has 2 aromatic heterocycles. The molecular formula is C33H37N5OS. The molecule has 0 bridgehead atoms. The van der Waals surface area contributed by atoms with Crippen molar-refractivity contribution in [3.05, 3.63) is 112 Å². The normalized spacial score (nSPS) is 16.8. The van der Waals surface area contributed by atoms with Crippen LogP contribution in [0.15, 0.2) is 66.9 Å². The first-order valence-corrected chi connectivity index (χ1v) is 14.2. The molecule has 0 radical (unpaired) electrons. The summed E-state index contributed by atoms with van der Waals surface area (Å²) < 4.78 is 2.32. The van der Waals surface area contributed by atoms with E-state index < -0.39 is 0 Å². The Balaban J connectivity index is 1.48. The van der Waals surface area contributed by atoms with Gasteiger partial charge in [-0.3, -0.25) is 9.78 Å². The summed E-state index contributed by atoms with van der Waals surface area (Å²) in [6.45, 7) is 13.1. The first-order valence-electron chi connectivity index (χ1n) is 13.7. The van der Waals surface area contributed by atoms with E-state index in [1.165, 1.54) is 16.7 Å². The van der Waals surface area contributed by atoms with E-state index in [2.05, 4.69) is 83.1 Å². The maximum Gasteiger partial charge on any atom is 0.226 e. The number of rotatable bonds is 7. The zero-order chi connectivity index (χ0) is 28.6.